The van der Waals surface area contributed by atoms with Gasteiger partial charge in [-0.3, -0.25) is 0 Å². The smallest absolute Gasteiger partial charge is 0.394 e. The van der Waals surface area contributed by atoms with E-state index in [0.29, 0.717) is 22.6 Å². The number of H-pyrrole nitrogens is 1. The van der Waals surface area contributed by atoms with Crippen LogP contribution in [0.25, 0.3) is 22.2 Å². The topological polar surface area (TPSA) is 90.9 Å². The van der Waals surface area contributed by atoms with Gasteiger partial charge in [-0.15, -0.1) is 0 Å². The summed E-state index contributed by atoms with van der Waals surface area (Å²) in [4.78, 5) is 11.0. The number of para-hydroxylation sites is 1. The van der Waals surface area contributed by atoms with E-state index in [0.717, 1.165) is 19.0 Å². The first-order chi connectivity index (χ1) is 14.6. The second-order valence-electron chi connectivity index (χ2n) is 7.87. The van der Waals surface area contributed by atoms with Crippen LogP contribution in [0.2, 0.25) is 0 Å². The molecule has 1 aromatic carbocycles. The average molecular weight is 454 g/mol. The second-order valence-corrected chi connectivity index (χ2v) is 11.1. The maximum absolute atomic E-state index is 13.7. The van der Waals surface area contributed by atoms with E-state index in [1.807, 2.05) is 6.92 Å². The van der Waals surface area contributed by atoms with Crippen molar-refractivity contribution in [3.05, 3.63) is 36.2 Å². The Hall–Kier alpha value is -2.38. The average Bonchev–Trinajstić information content (AvgIpc) is 3.13. The Labute approximate surface area is 178 Å². The van der Waals surface area contributed by atoms with Crippen LogP contribution in [0.4, 0.5) is 19.1 Å². The van der Waals surface area contributed by atoms with E-state index in [2.05, 4.69) is 20.3 Å². The van der Waals surface area contributed by atoms with Crippen molar-refractivity contribution in [2.45, 2.75) is 38.4 Å². The van der Waals surface area contributed by atoms with Crippen molar-refractivity contribution < 1.29 is 22.8 Å². The van der Waals surface area contributed by atoms with Crippen LogP contribution in [0.1, 0.15) is 31.7 Å². The van der Waals surface area contributed by atoms with Crippen LogP contribution >= 0.6 is 7.14 Å². The van der Waals surface area contributed by atoms with E-state index in [9.17, 15) is 22.8 Å². The number of aliphatic hydroxyl groups is 1. The summed E-state index contributed by atoms with van der Waals surface area (Å²) >= 11 is 0. The molecule has 1 atom stereocenters. The van der Waals surface area contributed by atoms with Gasteiger partial charge in [0, 0.05) is 28.6 Å². The van der Waals surface area contributed by atoms with Crippen molar-refractivity contribution in [2.24, 2.45) is 0 Å². The minimum atomic E-state index is -4.65. The molecule has 0 amide bonds. The third-order valence-corrected chi connectivity index (χ3v) is 6.62. The molecule has 0 saturated heterocycles. The maximum Gasteiger partial charge on any atom is 0.419 e. The standard InChI is InChI=1S/C21H26F3N4O2P/c1-4-5-7-13(12-29)27-20-26-11-16(21(22,23)24)18(28-20)15-10-25-19-14(15)8-6-9-17(19)31(2,3)30/h6,8-11,13,25,29H,4-5,7,12H2,1-3H3,(H,26,27,28)/t13-/m1/s1. The van der Waals surface area contributed by atoms with Crippen LogP contribution in [-0.2, 0) is 10.7 Å². The molecule has 0 aliphatic heterocycles. The summed E-state index contributed by atoms with van der Waals surface area (Å²) in [5, 5.41) is 13.6. The molecule has 3 aromatic rings. The summed E-state index contributed by atoms with van der Waals surface area (Å²) in [5.41, 5.74) is -0.460. The highest BCUT2D eigenvalue weighted by atomic mass is 31.2. The highest BCUT2D eigenvalue weighted by molar-refractivity contribution is 7.70. The van der Waals surface area contributed by atoms with Crippen LogP contribution in [0.15, 0.2) is 30.6 Å². The Morgan fingerprint density at radius 2 is 2.03 bits per heavy atom. The van der Waals surface area contributed by atoms with Crippen LogP contribution < -0.4 is 10.6 Å². The summed E-state index contributed by atoms with van der Waals surface area (Å²) in [6.07, 6.45) is -0.0272. The summed E-state index contributed by atoms with van der Waals surface area (Å²) in [6, 6.07) is 4.70. The number of unbranched alkanes of at least 4 members (excludes halogenated alkanes) is 1. The van der Waals surface area contributed by atoms with Gasteiger partial charge in [-0.1, -0.05) is 31.9 Å². The van der Waals surface area contributed by atoms with Gasteiger partial charge in [0.05, 0.1) is 23.9 Å². The second kappa shape index (κ2) is 9.01. The monoisotopic (exact) mass is 454 g/mol. The largest absolute Gasteiger partial charge is 0.419 e. The lowest BCUT2D eigenvalue weighted by Crippen LogP contribution is -2.25. The van der Waals surface area contributed by atoms with Crippen molar-refractivity contribution in [1.82, 2.24) is 15.0 Å². The van der Waals surface area contributed by atoms with Crippen molar-refractivity contribution in [3.63, 3.8) is 0 Å². The number of aromatic amines is 1. The van der Waals surface area contributed by atoms with Crippen LogP contribution in [0.5, 0.6) is 0 Å². The van der Waals surface area contributed by atoms with Gasteiger partial charge in [0.2, 0.25) is 5.95 Å². The Kier molecular flexibility index (Phi) is 6.76. The van der Waals surface area contributed by atoms with E-state index >= 15 is 0 Å². The molecule has 0 fully saturated rings. The van der Waals surface area contributed by atoms with Gasteiger partial charge in [-0.25, -0.2) is 9.97 Å². The quantitative estimate of drug-likeness (QED) is 0.423. The minimum Gasteiger partial charge on any atom is -0.394 e. The summed E-state index contributed by atoms with van der Waals surface area (Å²) in [7, 11) is -2.66. The van der Waals surface area contributed by atoms with E-state index in [-0.39, 0.29) is 29.9 Å². The van der Waals surface area contributed by atoms with E-state index in [4.69, 9.17) is 0 Å². The van der Waals surface area contributed by atoms with Crippen LogP contribution in [0, 0.1) is 0 Å². The number of halogens is 3. The Morgan fingerprint density at radius 1 is 1.29 bits per heavy atom. The molecule has 2 aromatic heterocycles. The van der Waals surface area contributed by atoms with Crippen molar-refractivity contribution >= 4 is 29.3 Å². The first-order valence-electron chi connectivity index (χ1n) is 10.0. The summed E-state index contributed by atoms with van der Waals surface area (Å²) in [6.45, 7) is 5.05. The highest BCUT2D eigenvalue weighted by Gasteiger charge is 2.36. The van der Waals surface area contributed by atoms with Crippen LogP contribution in [0.3, 0.4) is 0 Å². The molecule has 0 radical (unpaired) electrons. The fraction of sp³-hybridized carbons (Fsp3) is 0.429. The van der Waals surface area contributed by atoms with Crippen molar-refractivity contribution in [3.8, 4) is 11.3 Å². The van der Waals surface area contributed by atoms with E-state index in [1.165, 1.54) is 6.20 Å². The Bertz CT molecular complexity index is 1110. The lowest BCUT2D eigenvalue weighted by Gasteiger charge is -2.18. The van der Waals surface area contributed by atoms with Gasteiger partial charge < -0.3 is 20.0 Å². The molecule has 2 heterocycles. The third-order valence-electron chi connectivity index (χ3n) is 5.08. The number of benzene rings is 1. The molecule has 0 saturated carbocycles. The van der Waals surface area contributed by atoms with Crippen LogP contribution in [-0.4, -0.2) is 46.0 Å². The SMILES string of the molecule is CCCC[C@H](CO)Nc1ncc(C(F)(F)F)c(-c2c[nH]c3c(P(C)(C)=O)cccc23)n1. The zero-order valence-corrected chi connectivity index (χ0v) is 18.5. The maximum atomic E-state index is 13.7. The minimum absolute atomic E-state index is 0.0142. The van der Waals surface area contributed by atoms with Gasteiger partial charge in [0.25, 0.3) is 0 Å². The van der Waals surface area contributed by atoms with Crippen molar-refractivity contribution in [1.29, 1.82) is 0 Å². The number of rotatable bonds is 8. The lowest BCUT2D eigenvalue weighted by atomic mass is 10.1. The number of aromatic nitrogens is 3. The lowest BCUT2D eigenvalue weighted by molar-refractivity contribution is -0.137. The molecule has 0 unspecified atom stereocenters. The van der Waals surface area contributed by atoms with Gasteiger partial charge in [0.1, 0.15) is 12.7 Å². The van der Waals surface area contributed by atoms with Gasteiger partial charge in [-0.05, 0) is 25.8 Å². The Balaban J connectivity index is 2.14. The third kappa shape index (κ3) is 5.10. The van der Waals surface area contributed by atoms with Gasteiger partial charge in [0.15, 0.2) is 0 Å². The number of hydrogen-bond donors (Lipinski definition) is 3. The molecule has 0 aliphatic rings. The molecule has 31 heavy (non-hydrogen) atoms. The molecule has 6 nitrogen and oxygen atoms in total. The van der Waals surface area contributed by atoms with Gasteiger partial charge >= 0.3 is 6.18 Å². The number of fused-ring (bicyclic) bond motifs is 1. The number of anilines is 1. The molecule has 3 rings (SSSR count). The molecule has 0 bridgehead atoms. The normalized spacial score (nSPS) is 13.5. The predicted octanol–water partition coefficient (Wildman–Crippen LogP) is 4.85. The zero-order chi connectivity index (χ0) is 22.8. The zero-order valence-electron chi connectivity index (χ0n) is 17.6. The fourth-order valence-electron chi connectivity index (χ4n) is 3.49. The van der Waals surface area contributed by atoms with Gasteiger partial charge in [-0.2, -0.15) is 13.2 Å². The summed E-state index contributed by atoms with van der Waals surface area (Å²) in [5.74, 6) is 0.0142. The molecule has 10 heteroatoms. The summed E-state index contributed by atoms with van der Waals surface area (Å²) < 4.78 is 53.9. The van der Waals surface area contributed by atoms with Crippen molar-refractivity contribution in [2.75, 3.05) is 25.3 Å². The molecule has 0 spiro atoms. The van der Waals surface area contributed by atoms with E-state index in [1.54, 1.807) is 31.5 Å². The van der Waals surface area contributed by atoms with E-state index < -0.39 is 18.9 Å². The Morgan fingerprint density at radius 3 is 2.65 bits per heavy atom. The molecule has 0 aliphatic carbocycles. The molecule has 168 valence electrons. The number of nitrogens with one attached hydrogen (secondary N) is 2. The fourth-order valence-corrected chi connectivity index (χ4v) is 4.66. The first kappa shape index (κ1) is 23.3. The molecular weight excluding hydrogens is 428 g/mol. The first-order valence-corrected chi connectivity index (χ1v) is 12.6. The molecular formula is C21H26F3N4O2P. The number of hydrogen-bond acceptors (Lipinski definition) is 5. The number of nitrogens with zero attached hydrogens (tertiary/aromatic N) is 2. The highest BCUT2D eigenvalue weighted by Crippen LogP contribution is 2.41. The predicted molar refractivity (Wildman–Crippen MR) is 117 cm³/mol. The number of alkyl halides is 3. The molecule has 3 N–H and O–H groups in total. The number of aliphatic hydroxyl groups excluding tert-OH is 1.